The zero-order valence-corrected chi connectivity index (χ0v) is 18.3. The van der Waals surface area contributed by atoms with Gasteiger partial charge in [0.2, 0.25) is 11.0 Å². The van der Waals surface area contributed by atoms with Crippen molar-refractivity contribution in [1.29, 1.82) is 0 Å². The van der Waals surface area contributed by atoms with Crippen molar-refractivity contribution in [2.24, 2.45) is 0 Å². The maximum atomic E-state index is 12.3. The number of ether oxygens (including phenoxy) is 1. The van der Waals surface area contributed by atoms with Gasteiger partial charge in [0.15, 0.2) is 9.47 Å². The largest absolute Gasteiger partial charge is 0.497 e. The van der Waals surface area contributed by atoms with Crippen LogP contribution >= 0.6 is 34.4 Å². The standard InChI is InChI=1S/C20H17N5O2S3/c1-27-15-9-7-13(8-10-15)16-11-28-18(22-16)23-17(26)12-29-20-25-24-19(30-20)21-14-5-3-2-4-6-14/h2-11H,12H2,1H3,(H,21,24)(H,22,23,26). The molecule has 0 bridgehead atoms. The second-order valence-electron chi connectivity index (χ2n) is 5.97. The number of anilines is 3. The minimum absolute atomic E-state index is 0.136. The summed E-state index contributed by atoms with van der Waals surface area (Å²) in [5, 5.41) is 17.4. The third kappa shape index (κ3) is 5.35. The molecule has 7 nitrogen and oxygen atoms in total. The van der Waals surface area contributed by atoms with Gasteiger partial charge in [-0.05, 0) is 36.4 Å². The Hall–Kier alpha value is -2.95. The molecule has 30 heavy (non-hydrogen) atoms. The zero-order chi connectivity index (χ0) is 20.8. The van der Waals surface area contributed by atoms with Gasteiger partial charge in [0, 0.05) is 16.6 Å². The van der Waals surface area contributed by atoms with Gasteiger partial charge in [0.05, 0.1) is 18.6 Å². The summed E-state index contributed by atoms with van der Waals surface area (Å²) in [6, 6.07) is 17.4. The molecule has 2 N–H and O–H groups in total. The van der Waals surface area contributed by atoms with Crippen LogP contribution in [-0.4, -0.2) is 34.0 Å². The van der Waals surface area contributed by atoms with Crippen LogP contribution in [0.5, 0.6) is 5.75 Å². The summed E-state index contributed by atoms with van der Waals surface area (Å²) >= 11 is 4.14. The molecule has 0 aliphatic carbocycles. The Morgan fingerprint density at radius 1 is 1.07 bits per heavy atom. The van der Waals surface area contributed by atoms with Crippen LogP contribution in [0.1, 0.15) is 0 Å². The first-order chi connectivity index (χ1) is 14.7. The average molecular weight is 456 g/mol. The molecular formula is C20H17N5O2S3. The second-order valence-corrected chi connectivity index (χ2v) is 9.03. The lowest BCUT2D eigenvalue weighted by molar-refractivity contribution is -0.113. The van der Waals surface area contributed by atoms with E-state index in [1.54, 1.807) is 7.11 Å². The predicted octanol–water partition coefficient (Wildman–Crippen LogP) is 5.14. The van der Waals surface area contributed by atoms with Crippen molar-refractivity contribution in [2.45, 2.75) is 4.34 Å². The highest BCUT2D eigenvalue weighted by atomic mass is 32.2. The smallest absolute Gasteiger partial charge is 0.236 e. The summed E-state index contributed by atoms with van der Waals surface area (Å²) in [5.74, 6) is 0.888. The van der Waals surface area contributed by atoms with E-state index < -0.39 is 0 Å². The van der Waals surface area contributed by atoms with E-state index in [1.807, 2.05) is 60.0 Å². The van der Waals surface area contributed by atoms with Crippen LogP contribution in [0.2, 0.25) is 0 Å². The Morgan fingerprint density at radius 2 is 1.87 bits per heavy atom. The highest BCUT2D eigenvalue weighted by molar-refractivity contribution is 8.01. The van der Waals surface area contributed by atoms with E-state index in [1.165, 1.54) is 34.4 Å². The lowest BCUT2D eigenvalue weighted by atomic mass is 10.2. The van der Waals surface area contributed by atoms with Crippen molar-refractivity contribution >= 4 is 56.3 Å². The van der Waals surface area contributed by atoms with Crippen LogP contribution in [0.15, 0.2) is 64.3 Å². The molecule has 0 spiro atoms. The van der Waals surface area contributed by atoms with Crippen molar-refractivity contribution in [3.63, 3.8) is 0 Å². The number of nitrogens with zero attached hydrogens (tertiary/aromatic N) is 3. The van der Waals surface area contributed by atoms with E-state index in [-0.39, 0.29) is 11.7 Å². The molecule has 2 heterocycles. The quantitative estimate of drug-likeness (QED) is 0.355. The van der Waals surface area contributed by atoms with E-state index in [9.17, 15) is 4.79 Å². The molecule has 4 aromatic rings. The van der Waals surface area contributed by atoms with Crippen LogP contribution < -0.4 is 15.4 Å². The number of nitrogens with one attached hydrogen (secondary N) is 2. The summed E-state index contributed by atoms with van der Waals surface area (Å²) in [5.41, 5.74) is 2.72. The van der Waals surface area contributed by atoms with Crippen molar-refractivity contribution in [2.75, 3.05) is 23.5 Å². The SMILES string of the molecule is COc1ccc(-c2csc(NC(=O)CSc3nnc(Nc4ccccc4)s3)n2)cc1. The fourth-order valence-corrected chi connectivity index (χ4v) is 4.78. The molecule has 0 aliphatic heterocycles. The molecule has 2 aromatic carbocycles. The van der Waals surface area contributed by atoms with Crippen LogP contribution in [0.3, 0.4) is 0 Å². The van der Waals surface area contributed by atoms with Crippen molar-refractivity contribution in [3.05, 3.63) is 60.0 Å². The summed E-state index contributed by atoms with van der Waals surface area (Å²) < 4.78 is 5.89. The zero-order valence-electron chi connectivity index (χ0n) is 15.9. The molecule has 1 amide bonds. The number of benzene rings is 2. The lowest BCUT2D eigenvalue weighted by Crippen LogP contribution is -2.13. The number of hydrogen-bond donors (Lipinski definition) is 2. The molecule has 10 heteroatoms. The van der Waals surface area contributed by atoms with Crippen molar-refractivity contribution in [3.8, 4) is 17.0 Å². The van der Waals surface area contributed by atoms with Gasteiger partial charge in [0.1, 0.15) is 5.75 Å². The maximum Gasteiger partial charge on any atom is 0.236 e. The van der Waals surface area contributed by atoms with Crippen molar-refractivity contribution < 1.29 is 9.53 Å². The topological polar surface area (TPSA) is 89.0 Å². The van der Waals surface area contributed by atoms with E-state index >= 15 is 0 Å². The van der Waals surface area contributed by atoms with Gasteiger partial charge in [0.25, 0.3) is 0 Å². The first-order valence-electron chi connectivity index (χ1n) is 8.88. The summed E-state index contributed by atoms with van der Waals surface area (Å²) in [7, 11) is 1.63. The Balaban J connectivity index is 1.28. The molecule has 0 saturated carbocycles. The first-order valence-corrected chi connectivity index (χ1v) is 11.6. The Morgan fingerprint density at radius 3 is 2.63 bits per heavy atom. The average Bonchev–Trinajstić information content (AvgIpc) is 3.43. The minimum Gasteiger partial charge on any atom is -0.497 e. The fourth-order valence-electron chi connectivity index (χ4n) is 2.47. The van der Waals surface area contributed by atoms with Crippen LogP contribution in [0, 0.1) is 0 Å². The third-order valence-corrected chi connectivity index (χ3v) is 6.62. The van der Waals surface area contributed by atoms with E-state index in [4.69, 9.17) is 4.74 Å². The molecule has 4 rings (SSSR count). The number of rotatable bonds is 8. The molecule has 0 atom stereocenters. The van der Waals surface area contributed by atoms with Crippen LogP contribution in [0.25, 0.3) is 11.3 Å². The Kier molecular flexibility index (Phi) is 6.57. The number of aromatic nitrogens is 3. The van der Waals surface area contributed by atoms with Gasteiger partial charge < -0.3 is 15.4 Å². The Labute approximate surface area is 185 Å². The summed E-state index contributed by atoms with van der Waals surface area (Å²) in [4.78, 5) is 16.8. The predicted molar refractivity (Wildman–Crippen MR) is 123 cm³/mol. The number of methoxy groups -OCH3 is 1. The molecule has 0 unspecified atom stereocenters. The highest BCUT2D eigenvalue weighted by Crippen LogP contribution is 2.29. The summed E-state index contributed by atoms with van der Waals surface area (Å²) in [6.07, 6.45) is 0. The number of thiazole rings is 1. The van der Waals surface area contributed by atoms with E-state index in [0.29, 0.717) is 10.3 Å². The molecule has 152 valence electrons. The molecular weight excluding hydrogens is 438 g/mol. The number of thioether (sulfide) groups is 1. The van der Waals surface area contributed by atoms with Gasteiger partial charge in [-0.3, -0.25) is 4.79 Å². The van der Waals surface area contributed by atoms with E-state index in [0.717, 1.165) is 27.0 Å². The fraction of sp³-hybridized carbons (Fsp3) is 0.100. The van der Waals surface area contributed by atoms with Gasteiger partial charge in [-0.25, -0.2) is 4.98 Å². The van der Waals surface area contributed by atoms with Crippen LogP contribution in [0.4, 0.5) is 16.0 Å². The third-order valence-electron chi connectivity index (χ3n) is 3.89. The highest BCUT2D eigenvalue weighted by Gasteiger charge is 2.11. The molecule has 0 aliphatic rings. The number of para-hydroxylation sites is 1. The normalized spacial score (nSPS) is 10.6. The van der Waals surface area contributed by atoms with E-state index in [2.05, 4.69) is 25.8 Å². The van der Waals surface area contributed by atoms with Crippen molar-refractivity contribution in [1.82, 2.24) is 15.2 Å². The van der Waals surface area contributed by atoms with Gasteiger partial charge >= 0.3 is 0 Å². The first kappa shape index (κ1) is 20.3. The maximum absolute atomic E-state index is 12.3. The molecule has 0 radical (unpaired) electrons. The number of carbonyl (C=O) groups excluding carboxylic acids is 1. The summed E-state index contributed by atoms with van der Waals surface area (Å²) in [6.45, 7) is 0. The molecule has 2 aromatic heterocycles. The molecule has 0 fully saturated rings. The number of carbonyl (C=O) groups is 1. The lowest BCUT2D eigenvalue weighted by Gasteiger charge is -2.01. The Bertz CT molecular complexity index is 1110. The minimum atomic E-state index is -0.136. The van der Waals surface area contributed by atoms with Gasteiger partial charge in [-0.2, -0.15) is 0 Å². The number of hydrogen-bond acceptors (Lipinski definition) is 9. The van der Waals surface area contributed by atoms with Gasteiger partial charge in [-0.1, -0.05) is 41.3 Å². The molecule has 0 saturated heterocycles. The monoisotopic (exact) mass is 455 g/mol. The van der Waals surface area contributed by atoms with Crippen LogP contribution in [-0.2, 0) is 4.79 Å². The van der Waals surface area contributed by atoms with Gasteiger partial charge in [-0.15, -0.1) is 21.5 Å². The second kappa shape index (κ2) is 9.70. The number of amides is 1.